The van der Waals surface area contributed by atoms with Crippen molar-refractivity contribution in [3.63, 3.8) is 0 Å². The Morgan fingerprint density at radius 1 is 0.817 bits per heavy atom. The van der Waals surface area contributed by atoms with Crippen molar-refractivity contribution in [2.75, 3.05) is 73.3 Å². The summed E-state index contributed by atoms with van der Waals surface area (Å²) in [5.41, 5.74) is 16.8. The number of nitrogens with two attached hydrogens (primary N) is 2. The molecule has 4 saturated carbocycles. The van der Waals surface area contributed by atoms with Gasteiger partial charge in [-0.1, -0.05) is 81.9 Å². The molecule has 3 aromatic carbocycles. The Labute approximate surface area is 637 Å². The van der Waals surface area contributed by atoms with Gasteiger partial charge in [0.25, 0.3) is 27.8 Å². The highest BCUT2D eigenvalue weighted by Crippen LogP contribution is 2.72. The third kappa shape index (κ3) is 18.5. The number of imide groups is 2. The van der Waals surface area contributed by atoms with Gasteiger partial charge in [0.15, 0.2) is 10.8 Å². The number of aromatic nitrogens is 4. The van der Waals surface area contributed by atoms with E-state index < -0.39 is 75.3 Å². The van der Waals surface area contributed by atoms with Crippen molar-refractivity contribution in [3.05, 3.63) is 131 Å². The number of fused-ring (bicyclic) bond motifs is 2. The minimum absolute atomic E-state index is 0.0275. The number of nitrogens with zero attached hydrogens (tertiary/aromatic N) is 9. The van der Waals surface area contributed by atoms with E-state index in [0.29, 0.717) is 118 Å². The van der Waals surface area contributed by atoms with Gasteiger partial charge in [-0.3, -0.25) is 63.3 Å². The first kappa shape index (κ1) is 79.0. The molecule has 1 saturated heterocycles. The van der Waals surface area contributed by atoms with E-state index in [2.05, 4.69) is 34.8 Å². The number of carbonyl (C=O) groups is 9. The van der Waals surface area contributed by atoms with Gasteiger partial charge in [-0.05, 0) is 178 Å². The van der Waals surface area contributed by atoms with E-state index in [9.17, 15) is 61.2 Å². The number of carboxylic acid groups (broad SMARTS) is 1. The van der Waals surface area contributed by atoms with Crippen LogP contribution in [0, 0.1) is 29.1 Å². The maximum Gasteiger partial charge on any atom is 0.410 e. The Morgan fingerprint density at radius 3 is 2.22 bits per heavy atom. The molecule has 0 spiro atoms. The number of hydrogen-bond donors (Lipinski definition) is 7. The summed E-state index contributed by atoms with van der Waals surface area (Å²) in [6.07, 6.45) is 12.4. The van der Waals surface area contributed by atoms with Gasteiger partial charge in [-0.25, -0.2) is 24.4 Å². The molecule has 9 N–H and O–H groups in total. The van der Waals surface area contributed by atoms with Crippen molar-refractivity contribution in [3.8, 4) is 11.1 Å². The average molecular weight is 1540 g/mol. The Hall–Kier alpha value is -9.53. The van der Waals surface area contributed by atoms with Crippen LogP contribution < -0.4 is 37.2 Å². The van der Waals surface area contributed by atoms with E-state index >= 15 is 0 Å². The summed E-state index contributed by atoms with van der Waals surface area (Å²) in [5, 5.41) is 24.3. The van der Waals surface area contributed by atoms with Crippen LogP contribution in [0.15, 0.2) is 97.2 Å². The molecule has 9 amide bonds. The first-order valence-electron chi connectivity index (χ1n) is 37.5. The fourth-order valence-electron chi connectivity index (χ4n) is 18.5. The number of benzene rings is 3. The lowest BCUT2D eigenvalue weighted by molar-refractivity contribution is -0.249. The molecule has 6 aromatic rings. The second-order valence-corrected chi connectivity index (χ2v) is 34.1. The standard InChI is InChI=1S/C78H98N14O15S2/c1-49(2)66(84-63(93)18-7-6-10-31-90-64(94)25-26-65(90)95)70(98)85-69(97)60(16-12-30-79)92(72(80)101)54-21-19-51(20-22-54)41-106-74(102)88-33-28-53(29-34-88)87(36-38-109(103,104)105)35-37-107-78-45-75(4)42-76(5,46-78)44-77(43-75,47-78)48-91-50(3)57(39-81-91)55-23-24-62(83-67(55)71(99)100)89-32-27-52-13-11-14-56(58(52)40-89)68(96)86-73-82-59-15-8-9-17-61(59)108-73/h8-9,11,13-15,17,19-26,39,49,53,60,66H,6-7,10,12,16,18,27-38,40-48,79H2,1-5H3,(H2,80,101)(H,84,93)(H,99,100)(H,82,86,96)(H,85,97,98)(H,103,104,105)/t60-,66-,75?,76?,77?,78?/m0/s1. The summed E-state index contributed by atoms with van der Waals surface area (Å²) in [6.45, 7) is 13.1. The number of urea groups is 1. The number of unbranched alkanes of at least 4 members (excludes halogenated alkanes) is 2. The second-order valence-electron chi connectivity index (χ2n) is 31.5. The molecular formula is C78H98N14O15S2. The van der Waals surface area contributed by atoms with Crippen LogP contribution in [0.4, 0.5) is 26.2 Å². The van der Waals surface area contributed by atoms with E-state index in [1.165, 1.54) is 35.6 Å². The summed E-state index contributed by atoms with van der Waals surface area (Å²) < 4.78 is 50.5. The zero-order valence-electron chi connectivity index (χ0n) is 62.3. The Bertz CT molecular complexity index is 4540. The number of primary amides is 1. The third-order valence-electron chi connectivity index (χ3n) is 22.4. The first-order chi connectivity index (χ1) is 51.9. The fourth-order valence-corrected chi connectivity index (χ4v) is 19.8. The smallest absolute Gasteiger partial charge is 0.410 e. The van der Waals surface area contributed by atoms with Gasteiger partial charge in [0.05, 0.1) is 34.4 Å². The van der Waals surface area contributed by atoms with Crippen molar-refractivity contribution in [2.45, 2.75) is 174 Å². The predicted molar refractivity (Wildman–Crippen MR) is 409 cm³/mol. The zero-order valence-corrected chi connectivity index (χ0v) is 64.0. The largest absolute Gasteiger partial charge is 0.476 e. The van der Waals surface area contributed by atoms with Crippen LogP contribution in [0.2, 0.25) is 0 Å². The molecule has 3 aliphatic heterocycles. The number of likely N-dealkylation sites (tertiary alicyclic amines) is 1. The average Bonchev–Trinajstić information content (AvgIpc) is 1.33. The Balaban J connectivity index is 0.637. The molecular weight excluding hydrogens is 1440 g/mol. The second kappa shape index (κ2) is 33.0. The molecule has 0 radical (unpaired) electrons. The number of nitrogens with one attached hydrogen (secondary N) is 3. The van der Waals surface area contributed by atoms with Crippen molar-refractivity contribution < 1.29 is 70.7 Å². The molecule has 31 heteroatoms. The number of hydrogen-bond acceptors (Lipinski definition) is 20. The Morgan fingerprint density at radius 2 is 1.54 bits per heavy atom. The first-order valence-corrected chi connectivity index (χ1v) is 39.9. The van der Waals surface area contributed by atoms with Crippen LogP contribution in [0.1, 0.15) is 161 Å². The van der Waals surface area contributed by atoms with Gasteiger partial charge in [-0.15, -0.1) is 0 Å². The van der Waals surface area contributed by atoms with Gasteiger partial charge in [0.2, 0.25) is 17.7 Å². The Kier molecular flexibility index (Phi) is 23.9. The molecule has 7 aliphatic rings. The number of pyridine rings is 1. The number of carboxylic acids is 1. The van der Waals surface area contributed by atoms with Crippen LogP contribution in [0.25, 0.3) is 21.3 Å². The highest BCUT2D eigenvalue weighted by molar-refractivity contribution is 7.85. The van der Waals surface area contributed by atoms with Gasteiger partial charge in [-0.2, -0.15) is 13.5 Å². The minimum atomic E-state index is -4.34. The molecule has 109 heavy (non-hydrogen) atoms. The molecule has 13 rings (SSSR count). The lowest BCUT2D eigenvalue weighted by Crippen LogP contribution is -2.64. The van der Waals surface area contributed by atoms with E-state index in [-0.39, 0.29) is 96.9 Å². The van der Waals surface area contributed by atoms with E-state index in [0.717, 1.165) is 75.4 Å². The number of ether oxygens (including phenoxy) is 2. The molecule has 2 unspecified atom stereocenters. The van der Waals surface area contributed by atoms with Crippen molar-refractivity contribution >= 4 is 102 Å². The fraction of sp³-hybridized carbons (Fsp3) is 0.513. The summed E-state index contributed by atoms with van der Waals surface area (Å²) in [4.78, 5) is 135. The molecule has 6 heterocycles. The lowest BCUT2D eigenvalue weighted by atomic mass is 9.39. The molecule has 5 fully saturated rings. The van der Waals surface area contributed by atoms with Crippen molar-refractivity contribution in [1.82, 2.24) is 45.1 Å². The molecule has 4 bridgehead atoms. The van der Waals surface area contributed by atoms with E-state index in [4.69, 9.17) is 31.0 Å². The highest BCUT2D eigenvalue weighted by Gasteiger charge is 2.66. The van der Waals surface area contributed by atoms with Crippen LogP contribution >= 0.6 is 11.3 Å². The number of thiazole rings is 1. The van der Waals surface area contributed by atoms with Crippen LogP contribution in [0.5, 0.6) is 0 Å². The molecule has 3 aromatic heterocycles. The zero-order chi connectivity index (χ0) is 77.7. The van der Waals surface area contributed by atoms with Crippen molar-refractivity contribution in [2.24, 2.45) is 33.6 Å². The van der Waals surface area contributed by atoms with E-state index in [1.807, 2.05) is 69.9 Å². The monoisotopic (exact) mass is 1530 g/mol. The van der Waals surface area contributed by atoms with Gasteiger partial charge in [0.1, 0.15) is 24.5 Å². The summed E-state index contributed by atoms with van der Waals surface area (Å²) in [5.74, 6) is -4.73. The number of amides is 9. The van der Waals surface area contributed by atoms with Gasteiger partial charge < -0.3 is 41.2 Å². The molecule has 29 nitrogen and oxygen atoms in total. The predicted octanol–water partition coefficient (Wildman–Crippen LogP) is 8.76. The van der Waals surface area contributed by atoms with Crippen LogP contribution in [-0.2, 0) is 69.7 Å². The number of aromatic carboxylic acids is 1. The highest BCUT2D eigenvalue weighted by atomic mass is 32.2. The summed E-state index contributed by atoms with van der Waals surface area (Å²) in [7, 11) is -4.34. The topological polar surface area (TPSA) is 395 Å². The van der Waals surface area contributed by atoms with Crippen molar-refractivity contribution in [1.29, 1.82) is 0 Å². The lowest BCUT2D eigenvalue weighted by Gasteiger charge is -2.69. The quantitative estimate of drug-likeness (QED) is 0.0118. The summed E-state index contributed by atoms with van der Waals surface area (Å²) in [6, 6.07) is 19.8. The third-order valence-corrected chi connectivity index (χ3v) is 24.1. The number of rotatable bonds is 32. The van der Waals surface area contributed by atoms with Gasteiger partial charge >= 0.3 is 18.1 Å². The van der Waals surface area contributed by atoms with E-state index in [1.54, 1.807) is 43.1 Å². The SMILES string of the molecule is Cc1c(-c2ccc(N3CCc4cccc(C(=O)Nc5nc6ccccc6s5)c4C3)nc2C(=O)O)cnn1CC12CC3(C)CC(C)(C1)CC(OCCN(CCS(=O)(=O)O)C1CCN(C(=O)OCc4ccc(N(C(N)=O)[C@@H](CCCN)C(=O)NC(=O)[C@@H](NC(=O)CCCCCN5C(=O)C=CC5=O)C(C)C)cc4)CC1)(C3)C2. The molecule has 4 aliphatic carbocycles. The maximum atomic E-state index is 14.0. The number of anilines is 3. The normalized spacial score (nSPS) is 21.6. The number of carbonyl (C=O) groups excluding carboxylic acids is 8. The number of piperidine rings is 1. The molecule has 582 valence electrons. The number of para-hydroxylation sites is 1. The minimum Gasteiger partial charge on any atom is -0.476 e. The van der Waals surface area contributed by atoms with Crippen LogP contribution in [0.3, 0.4) is 0 Å². The van der Waals surface area contributed by atoms with Gasteiger partial charge in [0, 0.05) is 105 Å². The maximum absolute atomic E-state index is 14.0. The summed E-state index contributed by atoms with van der Waals surface area (Å²) >= 11 is 1.41. The molecule has 4 atom stereocenters. The van der Waals surface area contributed by atoms with Crippen LogP contribution in [-0.4, -0.2) is 188 Å².